The third-order valence-corrected chi connectivity index (χ3v) is 1.94. The molecule has 1 unspecified atom stereocenters. The summed E-state index contributed by atoms with van der Waals surface area (Å²) in [5, 5.41) is 9.16. The second kappa shape index (κ2) is 4.28. The Bertz CT molecular complexity index is 295. The number of anilines is 2. The molecule has 0 aliphatic heterocycles. The molecule has 1 aromatic carbocycles. The highest BCUT2D eigenvalue weighted by molar-refractivity contribution is 5.67. The van der Waals surface area contributed by atoms with Crippen LogP contribution >= 0.6 is 0 Å². The summed E-state index contributed by atoms with van der Waals surface area (Å²) >= 11 is 0. The maximum atomic E-state index is 13.3. The number of likely N-dealkylation sites (N-methyl/N-ethyl adjacent to an activating group) is 1. The van der Waals surface area contributed by atoms with Gasteiger partial charge in [-0.25, -0.2) is 4.39 Å². The van der Waals surface area contributed by atoms with E-state index in [9.17, 15) is 4.39 Å². The van der Waals surface area contributed by atoms with Crippen LogP contribution in [0.3, 0.4) is 0 Å². The summed E-state index contributed by atoms with van der Waals surface area (Å²) in [4.78, 5) is 1.61. The first-order chi connectivity index (χ1) is 6.52. The molecule has 3 N–H and O–H groups in total. The molecule has 0 aromatic heterocycles. The summed E-state index contributed by atoms with van der Waals surface area (Å²) in [5.41, 5.74) is 6.36. The maximum Gasteiger partial charge on any atom is 0.148 e. The highest BCUT2D eigenvalue weighted by Crippen LogP contribution is 2.25. The lowest BCUT2D eigenvalue weighted by molar-refractivity contribution is 0.201. The van der Waals surface area contributed by atoms with E-state index in [1.807, 2.05) is 0 Å². The van der Waals surface area contributed by atoms with E-state index in [2.05, 4.69) is 0 Å². The Balaban J connectivity index is 2.94. The van der Waals surface area contributed by atoms with Gasteiger partial charge in [0.15, 0.2) is 0 Å². The summed E-state index contributed by atoms with van der Waals surface area (Å²) in [5.74, 6) is -0.367. The third-order valence-electron chi connectivity index (χ3n) is 1.94. The van der Waals surface area contributed by atoms with Crippen molar-refractivity contribution in [1.82, 2.24) is 0 Å². The van der Waals surface area contributed by atoms with Crippen LogP contribution in [0, 0.1) is 5.82 Å². The zero-order valence-electron chi connectivity index (χ0n) is 8.37. The van der Waals surface area contributed by atoms with Crippen LogP contribution in [0.2, 0.25) is 0 Å². The van der Waals surface area contributed by atoms with Crippen molar-refractivity contribution in [3.8, 4) is 0 Å². The molecule has 78 valence electrons. The molecule has 0 aliphatic carbocycles. The van der Waals surface area contributed by atoms with E-state index in [4.69, 9.17) is 10.8 Å². The summed E-state index contributed by atoms with van der Waals surface area (Å²) in [7, 11) is 1.70. The molecule has 1 atom stereocenters. The van der Waals surface area contributed by atoms with Crippen LogP contribution in [0.25, 0.3) is 0 Å². The molecular formula is C10H15FN2O. The van der Waals surface area contributed by atoms with Gasteiger partial charge < -0.3 is 15.7 Å². The van der Waals surface area contributed by atoms with Crippen molar-refractivity contribution in [3.05, 3.63) is 24.0 Å². The molecule has 0 spiro atoms. The molecule has 3 nitrogen and oxygen atoms in total. The summed E-state index contributed by atoms with van der Waals surface area (Å²) < 4.78 is 13.3. The van der Waals surface area contributed by atoms with E-state index in [-0.39, 0.29) is 5.82 Å². The van der Waals surface area contributed by atoms with E-state index >= 15 is 0 Å². The maximum absolute atomic E-state index is 13.3. The molecule has 0 aliphatic rings. The van der Waals surface area contributed by atoms with Gasteiger partial charge in [-0.05, 0) is 19.1 Å². The van der Waals surface area contributed by atoms with Crippen molar-refractivity contribution in [2.45, 2.75) is 13.0 Å². The van der Waals surface area contributed by atoms with Gasteiger partial charge in [0.25, 0.3) is 0 Å². The van der Waals surface area contributed by atoms with Crippen LogP contribution in [-0.4, -0.2) is 24.8 Å². The molecular weight excluding hydrogens is 183 g/mol. The number of halogens is 1. The molecule has 4 heteroatoms. The van der Waals surface area contributed by atoms with Gasteiger partial charge in [0, 0.05) is 13.6 Å². The number of hydrogen-bond donors (Lipinski definition) is 2. The minimum atomic E-state index is -0.515. The van der Waals surface area contributed by atoms with Gasteiger partial charge in [-0.2, -0.15) is 0 Å². The van der Waals surface area contributed by atoms with Gasteiger partial charge in [-0.1, -0.05) is 6.07 Å². The largest absolute Gasteiger partial charge is 0.397 e. The van der Waals surface area contributed by atoms with Crippen LogP contribution in [-0.2, 0) is 0 Å². The zero-order valence-corrected chi connectivity index (χ0v) is 8.37. The van der Waals surface area contributed by atoms with E-state index < -0.39 is 6.10 Å². The van der Waals surface area contributed by atoms with E-state index in [1.54, 1.807) is 31.0 Å². The molecule has 0 bridgehead atoms. The topological polar surface area (TPSA) is 49.5 Å². The zero-order chi connectivity index (χ0) is 10.7. The van der Waals surface area contributed by atoms with Crippen molar-refractivity contribution < 1.29 is 9.50 Å². The van der Waals surface area contributed by atoms with E-state index in [0.29, 0.717) is 17.9 Å². The highest BCUT2D eigenvalue weighted by Gasteiger charge is 2.12. The molecule has 0 radical (unpaired) electrons. The Morgan fingerprint density at radius 1 is 1.57 bits per heavy atom. The van der Waals surface area contributed by atoms with Crippen LogP contribution in [0.5, 0.6) is 0 Å². The van der Waals surface area contributed by atoms with Crippen molar-refractivity contribution in [1.29, 1.82) is 0 Å². The normalized spacial score (nSPS) is 12.6. The second-order valence-corrected chi connectivity index (χ2v) is 3.41. The molecule has 0 amide bonds. The van der Waals surface area contributed by atoms with Gasteiger partial charge in [0.05, 0.1) is 17.5 Å². The number of hydrogen-bond acceptors (Lipinski definition) is 3. The van der Waals surface area contributed by atoms with Crippen LogP contribution in [0.4, 0.5) is 15.8 Å². The number of nitrogens with zero attached hydrogens (tertiary/aromatic N) is 1. The fourth-order valence-corrected chi connectivity index (χ4v) is 1.42. The monoisotopic (exact) mass is 198 g/mol. The number of para-hydroxylation sites is 1. The Labute approximate surface area is 83.0 Å². The fraction of sp³-hybridized carbons (Fsp3) is 0.400. The first-order valence-electron chi connectivity index (χ1n) is 4.45. The molecule has 0 fully saturated rings. The van der Waals surface area contributed by atoms with Crippen molar-refractivity contribution in [2.75, 3.05) is 24.2 Å². The number of aliphatic hydroxyl groups is 1. The molecule has 0 saturated heterocycles. The summed E-state index contributed by atoms with van der Waals surface area (Å²) in [6.45, 7) is 2.00. The predicted molar refractivity (Wildman–Crippen MR) is 55.8 cm³/mol. The Morgan fingerprint density at radius 3 is 2.71 bits per heavy atom. The molecule has 0 heterocycles. The van der Waals surface area contributed by atoms with Crippen molar-refractivity contribution in [2.24, 2.45) is 0 Å². The Morgan fingerprint density at radius 2 is 2.21 bits per heavy atom. The quantitative estimate of drug-likeness (QED) is 0.718. The molecule has 0 saturated carbocycles. The van der Waals surface area contributed by atoms with Crippen LogP contribution in [0.1, 0.15) is 6.92 Å². The standard InChI is InChI=1S/C10H15FN2O/c1-7(14)6-13(2)10-8(11)4-3-5-9(10)12/h3-5,7,14H,6,12H2,1-2H3. The van der Waals surface area contributed by atoms with Crippen molar-refractivity contribution in [3.63, 3.8) is 0 Å². The Kier molecular flexibility index (Phi) is 3.30. The van der Waals surface area contributed by atoms with Gasteiger partial charge >= 0.3 is 0 Å². The molecule has 1 aromatic rings. The average Bonchev–Trinajstić information content (AvgIpc) is 2.01. The van der Waals surface area contributed by atoms with Gasteiger partial charge in [0.1, 0.15) is 5.82 Å². The summed E-state index contributed by atoms with van der Waals surface area (Å²) in [6.07, 6.45) is -0.515. The van der Waals surface area contributed by atoms with Gasteiger partial charge in [-0.15, -0.1) is 0 Å². The number of aliphatic hydroxyl groups excluding tert-OH is 1. The highest BCUT2D eigenvalue weighted by atomic mass is 19.1. The van der Waals surface area contributed by atoms with Gasteiger partial charge in [-0.3, -0.25) is 0 Å². The van der Waals surface area contributed by atoms with E-state index in [0.717, 1.165) is 0 Å². The SMILES string of the molecule is CC(O)CN(C)c1c(N)cccc1F. The lowest BCUT2D eigenvalue weighted by atomic mass is 10.2. The van der Waals surface area contributed by atoms with Crippen LogP contribution in [0.15, 0.2) is 18.2 Å². The fourth-order valence-electron chi connectivity index (χ4n) is 1.42. The smallest absolute Gasteiger partial charge is 0.148 e. The van der Waals surface area contributed by atoms with Gasteiger partial charge in [0.2, 0.25) is 0 Å². The number of nitrogen functional groups attached to an aromatic ring is 1. The first kappa shape index (κ1) is 10.8. The summed E-state index contributed by atoms with van der Waals surface area (Å²) in [6, 6.07) is 4.55. The lowest BCUT2D eigenvalue weighted by Crippen LogP contribution is -2.28. The lowest BCUT2D eigenvalue weighted by Gasteiger charge is -2.22. The van der Waals surface area contributed by atoms with E-state index in [1.165, 1.54) is 6.07 Å². The number of rotatable bonds is 3. The minimum absolute atomic E-state index is 0.341. The second-order valence-electron chi connectivity index (χ2n) is 3.41. The number of benzene rings is 1. The third kappa shape index (κ3) is 2.35. The first-order valence-corrected chi connectivity index (χ1v) is 4.45. The molecule has 14 heavy (non-hydrogen) atoms. The minimum Gasteiger partial charge on any atom is -0.397 e. The van der Waals surface area contributed by atoms with Crippen molar-refractivity contribution >= 4 is 11.4 Å². The molecule has 1 rings (SSSR count). The average molecular weight is 198 g/mol. The predicted octanol–water partition coefficient (Wildman–Crippen LogP) is 1.22. The Hall–Kier alpha value is -1.29. The number of nitrogens with two attached hydrogens (primary N) is 1. The van der Waals surface area contributed by atoms with Crippen LogP contribution < -0.4 is 10.6 Å².